The molecule has 0 unspecified atom stereocenters. The molecular formula is C18H14N4O4S. The van der Waals surface area contributed by atoms with Gasteiger partial charge in [0.15, 0.2) is 0 Å². The fourth-order valence-corrected chi connectivity index (χ4v) is 4.15. The molecule has 1 aliphatic heterocycles. The van der Waals surface area contributed by atoms with Gasteiger partial charge in [-0.05, 0) is 25.2 Å². The number of imide groups is 1. The van der Waals surface area contributed by atoms with Crippen molar-refractivity contribution in [1.29, 1.82) is 0 Å². The summed E-state index contributed by atoms with van der Waals surface area (Å²) in [5, 5.41) is 12.0. The van der Waals surface area contributed by atoms with Gasteiger partial charge in [0.1, 0.15) is 10.6 Å². The van der Waals surface area contributed by atoms with E-state index in [9.17, 15) is 19.7 Å². The third-order valence-corrected chi connectivity index (χ3v) is 5.32. The maximum atomic E-state index is 12.6. The van der Waals surface area contributed by atoms with Gasteiger partial charge in [-0.25, -0.2) is 4.98 Å². The number of aromatic nitrogens is 1. The van der Waals surface area contributed by atoms with Crippen LogP contribution in [-0.4, -0.2) is 45.2 Å². The first-order valence-electron chi connectivity index (χ1n) is 8.12. The first-order chi connectivity index (χ1) is 13.0. The van der Waals surface area contributed by atoms with Crippen LogP contribution < -0.4 is 0 Å². The van der Waals surface area contributed by atoms with Crippen LogP contribution in [0.15, 0.2) is 42.5 Å². The van der Waals surface area contributed by atoms with Gasteiger partial charge in [-0.1, -0.05) is 18.2 Å². The Morgan fingerprint density at radius 3 is 2.67 bits per heavy atom. The standard InChI is InChI=1S/C18H14N4O4S/c1-20(9-15-19-12-6-2-3-8-14(12)27-15)10-21-17(23)11-5-4-7-13(22(25)26)16(11)18(21)24/h2-8H,9-10H2,1H3. The monoisotopic (exact) mass is 382 g/mol. The van der Waals surface area contributed by atoms with Crippen molar-refractivity contribution in [3.8, 4) is 0 Å². The van der Waals surface area contributed by atoms with E-state index in [2.05, 4.69) is 4.98 Å². The summed E-state index contributed by atoms with van der Waals surface area (Å²) < 4.78 is 1.07. The molecule has 2 aromatic carbocycles. The Kier molecular flexibility index (Phi) is 4.17. The van der Waals surface area contributed by atoms with Crippen molar-refractivity contribution in [2.45, 2.75) is 6.54 Å². The largest absolute Gasteiger partial charge is 0.282 e. The molecule has 0 N–H and O–H groups in total. The summed E-state index contributed by atoms with van der Waals surface area (Å²) in [5.74, 6) is -1.16. The van der Waals surface area contributed by atoms with Crippen LogP contribution in [0.3, 0.4) is 0 Å². The summed E-state index contributed by atoms with van der Waals surface area (Å²) in [5.41, 5.74) is 0.493. The fourth-order valence-electron chi connectivity index (χ4n) is 3.11. The van der Waals surface area contributed by atoms with Crippen molar-refractivity contribution < 1.29 is 14.5 Å². The zero-order valence-corrected chi connectivity index (χ0v) is 15.1. The van der Waals surface area contributed by atoms with Gasteiger partial charge >= 0.3 is 0 Å². The molecule has 0 aliphatic carbocycles. The maximum Gasteiger partial charge on any atom is 0.282 e. The van der Waals surface area contributed by atoms with Crippen LogP contribution in [0.2, 0.25) is 0 Å². The molecule has 8 nitrogen and oxygen atoms in total. The number of thiazole rings is 1. The Morgan fingerprint density at radius 1 is 1.15 bits per heavy atom. The molecule has 0 radical (unpaired) electrons. The van der Waals surface area contributed by atoms with Crippen LogP contribution in [0.5, 0.6) is 0 Å². The van der Waals surface area contributed by atoms with Gasteiger partial charge in [0.2, 0.25) is 0 Å². The average Bonchev–Trinajstić information content (AvgIpc) is 3.15. The lowest BCUT2D eigenvalue weighted by Gasteiger charge is -2.21. The fraction of sp³-hybridized carbons (Fsp3) is 0.167. The van der Waals surface area contributed by atoms with E-state index in [-0.39, 0.29) is 23.5 Å². The van der Waals surface area contributed by atoms with Crippen molar-refractivity contribution in [3.63, 3.8) is 0 Å². The van der Waals surface area contributed by atoms with E-state index in [1.165, 1.54) is 18.2 Å². The van der Waals surface area contributed by atoms with Gasteiger partial charge in [0.25, 0.3) is 17.5 Å². The highest BCUT2D eigenvalue weighted by molar-refractivity contribution is 7.18. The predicted molar refractivity (Wildman–Crippen MR) is 99.6 cm³/mol. The number of fused-ring (bicyclic) bond motifs is 2. The summed E-state index contributed by atoms with van der Waals surface area (Å²) >= 11 is 1.55. The van der Waals surface area contributed by atoms with E-state index in [0.717, 1.165) is 20.1 Å². The van der Waals surface area contributed by atoms with Crippen molar-refractivity contribution in [3.05, 3.63) is 68.7 Å². The molecular weight excluding hydrogens is 368 g/mol. The lowest BCUT2D eigenvalue weighted by atomic mass is 10.1. The molecule has 1 aliphatic rings. The van der Waals surface area contributed by atoms with Crippen molar-refractivity contribution in [1.82, 2.24) is 14.8 Å². The third kappa shape index (κ3) is 2.96. The van der Waals surface area contributed by atoms with Crippen molar-refractivity contribution in [2.75, 3.05) is 13.7 Å². The number of nitro benzene ring substituents is 1. The molecule has 0 fully saturated rings. The van der Waals surface area contributed by atoms with Crippen LogP contribution in [0.25, 0.3) is 10.2 Å². The number of benzene rings is 2. The molecule has 2 amide bonds. The first-order valence-corrected chi connectivity index (χ1v) is 8.94. The number of rotatable bonds is 5. The summed E-state index contributed by atoms with van der Waals surface area (Å²) in [7, 11) is 1.77. The van der Waals surface area contributed by atoms with E-state index in [1.54, 1.807) is 23.3 Å². The Morgan fingerprint density at radius 2 is 1.93 bits per heavy atom. The highest BCUT2D eigenvalue weighted by atomic mass is 32.1. The van der Waals surface area contributed by atoms with Gasteiger partial charge in [0, 0.05) is 6.07 Å². The second kappa shape index (κ2) is 6.53. The van der Waals surface area contributed by atoms with E-state index in [4.69, 9.17) is 0 Å². The summed E-state index contributed by atoms with van der Waals surface area (Å²) in [6.45, 7) is 0.480. The number of nitrogens with zero attached hydrogens (tertiary/aromatic N) is 4. The topological polar surface area (TPSA) is 96.7 Å². The van der Waals surface area contributed by atoms with E-state index < -0.39 is 16.7 Å². The van der Waals surface area contributed by atoms with E-state index in [1.807, 2.05) is 24.3 Å². The number of carbonyl (C=O) groups is 2. The minimum atomic E-state index is -0.641. The molecule has 4 rings (SSSR count). The van der Waals surface area contributed by atoms with E-state index >= 15 is 0 Å². The first kappa shape index (κ1) is 17.3. The Balaban J connectivity index is 1.54. The van der Waals surface area contributed by atoms with Gasteiger partial charge in [-0.3, -0.25) is 29.5 Å². The molecule has 27 heavy (non-hydrogen) atoms. The van der Waals surface area contributed by atoms with Gasteiger partial charge in [-0.2, -0.15) is 0 Å². The number of hydrogen-bond donors (Lipinski definition) is 0. The zero-order chi connectivity index (χ0) is 19.1. The molecule has 0 atom stereocenters. The molecule has 136 valence electrons. The predicted octanol–water partition coefficient (Wildman–Crippen LogP) is 2.89. The number of carbonyl (C=O) groups excluding carboxylic acids is 2. The lowest BCUT2D eigenvalue weighted by Crippen LogP contribution is -2.39. The van der Waals surface area contributed by atoms with Gasteiger partial charge in [0.05, 0.1) is 33.9 Å². The molecule has 2 heterocycles. The summed E-state index contributed by atoms with van der Waals surface area (Å²) in [6.07, 6.45) is 0. The minimum absolute atomic E-state index is 0.0272. The number of hydrogen-bond acceptors (Lipinski definition) is 7. The molecule has 9 heteroatoms. The summed E-state index contributed by atoms with van der Waals surface area (Å²) in [4.78, 5) is 43.1. The Hall–Kier alpha value is -3.17. The van der Waals surface area contributed by atoms with Crippen LogP contribution in [0.4, 0.5) is 5.69 Å². The Bertz CT molecular complexity index is 1060. The second-order valence-electron chi connectivity index (χ2n) is 6.23. The van der Waals surface area contributed by atoms with Crippen molar-refractivity contribution >= 4 is 39.1 Å². The summed E-state index contributed by atoms with van der Waals surface area (Å²) in [6, 6.07) is 11.9. The lowest BCUT2D eigenvalue weighted by molar-refractivity contribution is -0.385. The molecule has 0 saturated carbocycles. The Labute approximate surface area is 157 Å². The van der Waals surface area contributed by atoms with Gasteiger partial charge < -0.3 is 0 Å². The van der Waals surface area contributed by atoms with Crippen molar-refractivity contribution in [2.24, 2.45) is 0 Å². The van der Waals surface area contributed by atoms with Crippen LogP contribution in [-0.2, 0) is 6.54 Å². The molecule has 0 saturated heterocycles. The molecule has 0 spiro atoms. The second-order valence-corrected chi connectivity index (χ2v) is 7.34. The van der Waals surface area contributed by atoms with Crippen LogP contribution in [0.1, 0.15) is 25.7 Å². The molecule has 1 aromatic heterocycles. The maximum absolute atomic E-state index is 12.6. The zero-order valence-electron chi connectivity index (χ0n) is 14.3. The third-order valence-electron chi connectivity index (χ3n) is 4.30. The van der Waals surface area contributed by atoms with E-state index in [0.29, 0.717) is 6.54 Å². The molecule has 3 aromatic rings. The SMILES string of the molecule is CN(Cc1nc2ccccc2s1)CN1C(=O)c2cccc([N+](=O)[O-])c2C1=O. The number of nitro groups is 1. The minimum Gasteiger partial charge on any atom is -0.282 e. The normalized spacial score (nSPS) is 13.6. The number of para-hydroxylation sites is 1. The number of amides is 2. The van der Waals surface area contributed by atoms with Gasteiger partial charge in [-0.15, -0.1) is 11.3 Å². The quantitative estimate of drug-likeness (QED) is 0.382. The van der Waals surface area contributed by atoms with Crippen LogP contribution in [0, 0.1) is 10.1 Å². The highest BCUT2D eigenvalue weighted by Crippen LogP contribution is 2.31. The smallest absolute Gasteiger partial charge is 0.282 e. The highest BCUT2D eigenvalue weighted by Gasteiger charge is 2.41. The van der Waals surface area contributed by atoms with Crippen LogP contribution >= 0.6 is 11.3 Å². The average molecular weight is 382 g/mol. The molecule has 0 bridgehead atoms.